The Morgan fingerprint density at radius 2 is 1.55 bits per heavy atom. The molecule has 0 saturated carbocycles. The highest BCUT2D eigenvalue weighted by Crippen LogP contribution is 2.49. The number of Topliss-reactive ketones (excluding diaryl/α,β-unsaturated/α-hetero) is 1. The topological polar surface area (TPSA) is 52.6 Å². The van der Waals surface area contributed by atoms with Gasteiger partial charge in [0, 0.05) is 11.2 Å². The molecule has 0 aromatic heterocycles. The van der Waals surface area contributed by atoms with E-state index >= 15 is 0 Å². The lowest BCUT2D eigenvalue weighted by atomic mass is 10.1. The molecule has 0 aliphatic rings. The maximum absolute atomic E-state index is 12.4. The van der Waals surface area contributed by atoms with Crippen LogP contribution in [0.1, 0.15) is 38.1 Å². The Balaban J connectivity index is 2.94. The summed E-state index contributed by atoms with van der Waals surface area (Å²) in [7, 11) is -3.59. The summed E-state index contributed by atoms with van der Waals surface area (Å²) >= 11 is 0. The quantitative estimate of drug-likeness (QED) is 0.470. The Hall–Kier alpha value is -1.40. The minimum atomic E-state index is -3.59. The van der Waals surface area contributed by atoms with E-state index in [2.05, 4.69) is 11.6 Å². The van der Waals surface area contributed by atoms with Crippen LogP contribution in [0.4, 0.5) is 0 Å². The molecule has 0 saturated heterocycles. The maximum atomic E-state index is 12.4. The molecule has 0 bridgehead atoms. The summed E-state index contributed by atoms with van der Waals surface area (Å²) in [4.78, 5) is 11.9. The molecule has 5 heteroatoms. The number of carbonyl (C=O) groups is 1. The van der Waals surface area contributed by atoms with E-state index in [4.69, 9.17) is 9.05 Å². The van der Waals surface area contributed by atoms with Gasteiger partial charge in [0.2, 0.25) is 5.78 Å². The molecule has 0 aliphatic carbocycles. The van der Waals surface area contributed by atoms with Crippen LogP contribution < -0.4 is 0 Å². The van der Waals surface area contributed by atoms with Gasteiger partial charge in [0.1, 0.15) is 0 Å². The van der Waals surface area contributed by atoms with Gasteiger partial charge in [0.15, 0.2) is 0 Å². The predicted molar refractivity (Wildman–Crippen MR) is 78.6 cm³/mol. The van der Waals surface area contributed by atoms with Gasteiger partial charge in [0.25, 0.3) is 0 Å². The molecule has 0 atom stereocenters. The van der Waals surface area contributed by atoms with E-state index in [-0.39, 0.29) is 12.2 Å². The van der Waals surface area contributed by atoms with Crippen LogP contribution in [0.2, 0.25) is 0 Å². The molecule has 0 aliphatic heterocycles. The van der Waals surface area contributed by atoms with Crippen molar-refractivity contribution in [3.63, 3.8) is 0 Å². The number of rotatable bonds is 5. The fraction of sp³-hybridized carbons (Fsp3) is 0.400. The molecule has 0 N–H and O–H groups in total. The number of benzene rings is 1. The third-order valence-electron chi connectivity index (χ3n) is 2.04. The van der Waals surface area contributed by atoms with Gasteiger partial charge in [0.05, 0.1) is 12.2 Å². The molecule has 1 aromatic rings. The average molecular weight is 294 g/mol. The van der Waals surface area contributed by atoms with E-state index in [1.807, 2.05) is 0 Å². The first-order valence-electron chi connectivity index (χ1n) is 6.42. The van der Waals surface area contributed by atoms with Crippen molar-refractivity contribution in [3.8, 4) is 11.6 Å². The molecule has 0 heterocycles. The maximum Gasteiger partial charge on any atom is 0.406 e. The van der Waals surface area contributed by atoms with Gasteiger partial charge in [-0.1, -0.05) is 30.3 Å². The summed E-state index contributed by atoms with van der Waals surface area (Å²) in [6, 6.07) is 8.58. The zero-order valence-corrected chi connectivity index (χ0v) is 13.0. The van der Waals surface area contributed by atoms with Gasteiger partial charge >= 0.3 is 7.60 Å². The van der Waals surface area contributed by atoms with Gasteiger partial charge in [-0.05, 0) is 33.6 Å². The largest absolute Gasteiger partial charge is 0.406 e. The monoisotopic (exact) mass is 294 g/mol. The minimum Gasteiger partial charge on any atom is -0.297 e. The average Bonchev–Trinajstić information content (AvgIpc) is 2.35. The molecule has 0 spiro atoms. The zero-order chi connectivity index (χ0) is 15.2. The van der Waals surface area contributed by atoms with Crippen molar-refractivity contribution in [1.82, 2.24) is 0 Å². The molecule has 1 aromatic carbocycles. The Morgan fingerprint density at radius 3 is 2.00 bits per heavy atom. The Labute approximate surface area is 120 Å². The number of hydrogen-bond acceptors (Lipinski definition) is 4. The van der Waals surface area contributed by atoms with Gasteiger partial charge < -0.3 is 0 Å². The van der Waals surface area contributed by atoms with Crippen LogP contribution in [0.3, 0.4) is 0 Å². The summed E-state index contributed by atoms with van der Waals surface area (Å²) in [6.45, 7) is 6.93. The predicted octanol–water partition coefficient (Wildman–Crippen LogP) is 3.87. The standard InChI is InChI=1S/C15H19O4P/c1-12(2)18-20(17,19-13(3)4)11-10-15(16)14-8-6-5-7-9-14/h5-9,12-13H,1-4H3. The van der Waals surface area contributed by atoms with Crippen molar-refractivity contribution in [3.05, 3.63) is 35.9 Å². The minimum absolute atomic E-state index is 0.305. The number of hydrogen-bond donors (Lipinski definition) is 0. The summed E-state index contributed by atoms with van der Waals surface area (Å²) < 4.78 is 22.9. The second-order valence-electron chi connectivity index (χ2n) is 4.74. The Kier molecular flexibility index (Phi) is 6.16. The van der Waals surface area contributed by atoms with E-state index in [0.29, 0.717) is 5.56 Å². The molecule has 1 rings (SSSR count). The Bertz CT molecular complexity index is 538. The summed E-state index contributed by atoms with van der Waals surface area (Å²) in [6.07, 6.45) is -0.610. The normalized spacial score (nSPS) is 11.3. The van der Waals surface area contributed by atoms with Gasteiger partial charge in [-0.2, -0.15) is 0 Å². The molecular weight excluding hydrogens is 275 g/mol. The molecule has 20 heavy (non-hydrogen) atoms. The molecule has 0 amide bonds. The number of ketones is 1. The summed E-state index contributed by atoms with van der Waals surface area (Å²) in [5.74, 6) is 1.94. The molecule has 4 nitrogen and oxygen atoms in total. The third kappa shape index (κ3) is 5.71. The van der Waals surface area contributed by atoms with Gasteiger partial charge in [-0.15, -0.1) is 0 Å². The van der Waals surface area contributed by atoms with Crippen molar-refractivity contribution in [1.29, 1.82) is 0 Å². The fourth-order valence-corrected chi connectivity index (χ4v) is 2.92. The number of carbonyl (C=O) groups excluding carboxylic acids is 1. The molecule has 108 valence electrons. The van der Waals surface area contributed by atoms with Crippen LogP contribution >= 0.6 is 7.60 Å². The Morgan fingerprint density at radius 1 is 1.05 bits per heavy atom. The first-order chi connectivity index (χ1) is 9.32. The lowest BCUT2D eigenvalue weighted by molar-refractivity contribution is 0.105. The fourth-order valence-electron chi connectivity index (χ4n) is 1.41. The van der Waals surface area contributed by atoms with E-state index in [9.17, 15) is 9.36 Å². The summed E-state index contributed by atoms with van der Waals surface area (Å²) in [5, 5.41) is 0. The van der Waals surface area contributed by atoms with E-state index in [1.54, 1.807) is 58.0 Å². The van der Waals surface area contributed by atoms with Crippen LogP contribution in [0.25, 0.3) is 0 Å². The highest BCUT2D eigenvalue weighted by molar-refractivity contribution is 7.59. The van der Waals surface area contributed by atoms with Gasteiger partial charge in [-0.25, -0.2) is 4.57 Å². The highest BCUT2D eigenvalue weighted by Gasteiger charge is 2.25. The van der Waals surface area contributed by atoms with E-state index in [0.717, 1.165) is 0 Å². The zero-order valence-electron chi connectivity index (χ0n) is 12.1. The molecule has 0 radical (unpaired) electrons. The third-order valence-corrected chi connectivity index (χ3v) is 3.83. The smallest absolute Gasteiger partial charge is 0.297 e. The van der Waals surface area contributed by atoms with Crippen molar-refractivity contribution >= 4 is 13.4 Å². The molecule has 0 fully saturated rings. The van der Waals surface area contributed by atoms with Crippen LogP contribution in [0.15, 0.2) is 30.3 Å². The highest BCUT2D eigenvalue weighted by atomic mass is 31.2. The van der Waals surface area contributed by atoms with Crippen molar-refractivity contribution in [2.45, 2.75) is 39.9 Å². The van der Waals surface area contributed by atoms with Crippen molar-refractivity contribution in [2.75, 3.05) is 0 Å². The van der Waals surface area contributed by atoms with Gasteiger partial charge in [-0.3, -0.25) is 13.8 Å². The second kappa shape index (κ2) is 7.40. The lowest BCUT2D eigenvalue weighted by Crippen LogP contribution is -2.07. The van der Waals surface area contributed by atoms with Crippen LogP contribution in [-0.2, 0) is 13.6 Å². The first-order valence-corrected chi connectivity index (χ1v) is 7.96. The first kappa shape index (κ1) is 16.7. The van der Waals surface area contributed by atoms with Crippen molar-refractivity contribution < 1.29 is 18.4 Å². The SMILES string of the molecule is CC(C)OP(=O)(C#CC(=O)c1ccccc1)OC(C)C. The van der Waals surface area contributed by atoms with Crippen LogP contribution in [-0.4, -0.2) is 18.0 Å². The van der Waals surface area contributed by atoms with Crippen molar-refractivity contribution in [2.24, 2.45) is 0 Å². The van der Waals surface area contributed by atoms with E-state index in [1.165, 1.54) is 0 Å². The lowest BCUT2D eigenvalue weighted by Gasteiger charge is -2.17. The van der Waals surface area contributed by atoms with Crippen LogP contribution in [0, 0.1) is 11.6 Å². The molecule has 0 unspecified atom stereocenters. The summed E-state index contributed by atoms with van der Waals surface area (Å²) in [5.41, 5.74) is 2.81. The van der Waals surface area contributed by atoms with E-state index < -0.39 is 13.4 Å². The second-order valence-corrected chi connectivity index (χ2v) is 6.38. The van der Waals surface area contributed by atoms with Crippen LogP contribution in [0.5, 0.6) is 0 Å². The molecular formula is C15H19O4P.